The Labute approximate surface area is 153 Å². The molecule has 1 fully saturated rings. The molecule has 0 unspecified atom stereocenters. The van der Waals surface area contributed by atoms with Crippen LogP contribution in [0.1, 0.15) is 15.9 Å². The minimum Gasteiger partial charge on any atom is -0.378 e. The second-order valence-corrected chi connectivity index (χ2v) is 7.27. The van der Waals surface area contributed by atoms with Gasteiger partial charge in [0.15, 0.2) is 0 Å². The van der Waals surface area contributed by atoms with Gasteiger partial charge in [-0.15, -0.1) is 11.8 Å². The van der Waals surface area contributed by atoms with E-state index in [4.69, 9.17) is 9.47 Å². The number of thioether (sulfide) groups is 1. The molecular formula is C18H27N3O3S. The number of nitrogens with one attached hydrogen (secondary N) is 2. The van der Waals surface area contributed by atoms with Crippen molar-refractivity contribution in [3.8, 4) is 0 Å². The van der Waals surface area contributed by atoms with Gasteiger partial charge in [-0.25, -0.2) is 0 Å². The molecule has 0 aromatic heterocycles. The van der Waals surface area contributed by atoms with Crippen LogP contribution in [0.2, 0.25) is 0 Å². The predicted molar refractivity (Wildman–Crippen MR) is 99.3 cm³/mol. The molecule has 1 amide bonds. The Kier molecular flexibility index (Phi) is 7.56. The number of rotatable bonds is 10. The number of piperazine rings is 1. The Hall–Kier alpha value is -1.12. The van der Waals surface area contributed by atoms with Crippen molar-refractivity contribution in [2.45, 2.75) is 11.4 Å². The van der Waals surface area contributed by atoms with Gasteiger partial charge in [0.25, 0.3) is 5.91 Å². The van der Waals surface area contributed by atoms with Gasteiger partial charge in [-0.3, -0.25) is 9.69 Å². The maximum Gasteiger partial charge on any atom is 0.251 e. The van der Waals surface area contributed by atoms with Gasteiger partial charge < -0.3 is 20.1 Å². The highest BCUT2D eigenvalue weighted by Crippen LogP contribution is 2.28. The van der Waals surface area contributed by atoms with Gasteiger partial charge in [-0.2, -0.15) is 0 Å². The molecule has 1 saturated heterocycles. The number of carbonyl (C=O) groups excluding carboxylic acids is 1. The van der Waals surface area contributed by atoms with Crippen molar-refractivity contribution in [3.05, 3.63) is 29.3 Å². The number of ether oxygens (including phenoxy) is 2. The topological polar surface area (TPSA) is 62.8 Å². The van der Waals surface area contributed by atoms with E-state index in [0.29, 0.717) is 26.4 Å². The molecule has 25 heavy (non-hydrogen) atoms. The lowest BCUT2D eigenvalue weighted by Crippen LogP contribution is -2.44. The van der Waals surface area contributed by atoms with E-state index in [-0.39, 0.29) is 5.91 Å². The van der Waals surface area contributed by atoms with Crippen LogP contribution >= 0.6 is 11.8 Å². The van der Waals surface area contributed by atoms with Crippen LogP contribution in [-0.2, 0) is 16.0 Å². The summed E-state index contributed by atoms with van der Waals surface area (Å²) in [6.07, 6.45) is 0. The van der Waals surface area contributed by atoms with Gasteiger partial charge >= 0.3 is 0 Å². The number of benzene rings is 1. The molecule has 7 heteroatoms. The fourth-order valence-corrected chi connectivity index (χ4v) is 3.97. The second-order valence-electron chi connectivity index (χ2n) is 6.13. The van der Waals surface area contributed by atoms with E-state index in [9.17, 15) is 4.79 Å². The van der Waals surface area contributed by atoms with Gasteiger partial charge in [0.1, 0.15) is 0 Å². The summed E-state index contributed by atoms with van der Waals surface area (Å²) < 4.78 is 11.3. The van der Waals surface area contributed by atoms with Crippen LogP contribution < -0.4 is 10.6 Å². The van der Waals surface area contributed by atoms with Gasteiger partial charge in [0, 0.05) is 55.5 Å². The SMILES string of the molecule is O=C1NCc2c(SCCOCCOCCN3CCNCC3)cccc21. The minimum atomic E-state index is 0.0339. The van der Waals surface area contributed by atoms with E-state index in [1.54, 1.807) is 11.8 Å². The first kappa shape index (κ1) is 18.7. The summed E-state index contributed by atoms with van der Waals surface area (Å²) in [5.41, 5.74) is 1.93. The van der Waals surface area contributed by atoms with Crippen molar-refractivity contribution in [2.75, 3.05) is 64.9 Å². The molecule has 3 rings (SSSR count). The molecule has 1 aromatic rings. The number of carbonyl (C=O) groups is 1. The third-order valence-corrected chi connectivity index (χ3v) is 5.49. The Bertz CT molecular complexity index is 564. The summed E-state index contributed by atoms with van der Waals surface area (Å²) in [6, 6.07) is 5.90. The Balaban J connectivity index is 1.21. The standard InChI is InChI=1S/C18H27N3O3S/c22-18-15-2-1-3-17(16(15)14-20-18)25-13-12-24-11-10-23-9-8-21-6-4-19-5-7-21/h1-3,19H,4-14H2,(H,20,22). The molecule has 0 aliphatic carbocycles. The van der Waals surface area contributed by atoms with Crippen LogP contribution in [-0.4, -0.2) is 75.7 Å². The first-order valence-electron chi connectivity index (χ1n) is 8.96. The number of amides is 1. The zero-order valence-electron chi connectivity index (χ0n) is 14.6. The maximum atomic E-state index is 11.7. The fraction of sp³-hybridized carbons (Fsp3) is 0.611. The summed E-state index contributed by atoms with van der Waals surface area (Å²) in [6.45, 7) is 8.77. The molecule has 0 spiro atoms. The summed E-state index contributed by atoms with van der Waals surface area (Å²) >= 11 is 1.74. The second kappa shape index (κ2) is 10.1. The normalized spacial score (nSPS) is 17.5. The molecule has 2 aliphatic heterocycles. The van der Waals surface area contributed by atoms with Crippen LogP contribution in [0.3, 0.4) is 0 Å². The predicted octanol–water partition coefficient (Wildman–Crippen LogP) is 0.961. The Morgan fingerprint density at radius 1 is 1.08 bits per heavy atom. The lowest BCUT2D eigenvalue weighted by Gasteiger charge is -2.26. The fourth-order valence-electron chi connectivity index (χ4n) is 3.02. The van der Waals surface area contributed by atoms with Gasteiger partial charge in [-0.05, 0) is 17.7 Å². The first-order chi connectivity index (χ1) is 12.3. The van der Waals surface area contributed by atoms with Gasteiger partial charge in [0.05, 0.1) is 26.4 Å². The highest BCUT2D eigenvalue weighted by molar-refractivity contribution is 7.99. The molecule has 2 aliphatic rings. The number of fused-ring (bicyclic) bond motifs is 1. The van der Waals surface area contributed by atoms with E-state index in [0.717, 1.165) is 56.2 Å². The Morgan fingerprint density at radius 2 is 1.88 bits per heavy atom. The summed E-state index contributed by atoms with van der Waals surface area (Å²) in [5.74, 6) is 0.914. The van der Waals surface area contributed by atoms with Crippen molar-refractivity contribution < 1.29 is 14.3 Å². The molecule has 2 N–H and O–H groups in total. The zero-order valence-corrected chi connectivity index (χ0v) is 15.4. The quantitative estimate of drug-likeness (QED) is 0.476. The van der Waals surface area contributed by atoms with Crippen molar-refractivity contribution in [1.82, 2.24) is 15.5 Å². The first-order valence-corrected chi connectivity index (χ1v) is 9.94. The summed E-state index contributed by atoms with van der Waals surface area (Å²) in [4.78, 5) is 15.3. The lowest BCUT2D eigenvalue weighted by atomic mass is 10.1. The third-order valence-electron chi connectivity index (χ3n) is 4.42. The van der Waals surface area contributed by atoms with Crippen LogP contribution in [0.4, 0.5) is 0 Å². The molecule has 6 nitrogen and oxygen atoms in total. The van der Waals surface area contributed by atoms with E-state index < -0.39 is 0 Å². The van der Waals surface area contributed by atoms with Crippen LogP contribution in [0, 0.1) is 0 Å². The zero-order chi connectivity index (χ0) is 17.3. The molecule has 0 radical (unpaired) electrons. The average Bonchev–Trinajstić information content (AvgIpc) is 3.03. The molecular weight excluding hydrogens is 338 g/mol. The molecule has 0 bridgehead atoms. The van der Waals surface area contributed by atoms with Crippen molar-refractivity contribution in [3.63, 3.8) is 0 Å². The van der Waals surface area contributed by atoms with E-state index in [2.05, 4.69) is 21.6 Å². The largest absolute Gasteiger partial charge is 0.378 e. The van der Waals surface area contributed by atoms with E-state index in [1.165, 1.54) is 4.90 Å². The number of hydrogen-bond donors (Lipinski definition) is 2. The van der Waals surface area contributed by atoms with Crippen molar-refractivity contribution in [1.29, 1.82) is 0 Å². The van der Waals surface area contributed by atoms with Crippen molar-refractivity contribution >= 4 is 17.7 Å². The minimum absolute atomic E-state index is 0.0339. The summed E-state index contributed by atoms with van der Waals surface area (Å²) in [5, 5.41) is 6.22. The molecule has 1 aromatic carbocycles. The van der Waals surface area contributed by atoms with Crippen LogP contribution in [0.5, 0.6) is 0 Å². The van der Waals surface area contributed by atoms with E-state index in [1.807, 2.05) is 12.1 Å². The summed E-state index contributed by atoms with van der Waals surface area (Å²) in [7, 11) is 0. The highest BCUT2D eigenvalue weighted by atomic mass is 32.2. The average molecular weight is 365 g/mol. The van der Waals surface area contributed by atoms with E-state index >= 15 is 0 Å². The van der Waals surface area contributed by atoms with Crippen molar-refractivity contribution in [2.24, 2.45) is 0 Å². The van der Waals surface area contributed by atoms with Crippen LogP contribution in [0.15, 0.2) is 23.1 Å². The Morgan fingerprint density at radius 3 is 2.72 bits per heavy atom. The smallest absolute Gasteiger partial charge is 0.251 e. The van der Waals surface area contributed by atoms with Gasteiger partial charge in [-0.1, -0.05) is 6.07 Å². The number of nitrogens with zero attached hydrogens (tertiary/aromatic N) is 1. The third kappa shape index (κ3) is 5.69. The molecule has 2 heterocycles. The lowest BCUT2D eigenvalue weighted by molar-refractivity contribution is 0.0423. The molecule has 0 saturated carbocycles. The maximum absolute atomic E-state index is 11.7. The van der Waals surface area contributed by atoms with Gasteiger partial charge in [0.2, 0.25) is 0 Å². The number of hydrogen-bond acceptors (Lipinski definition) is 6. The highest BCUT2D eigenvalue weighted by Gasteiger charge is 2.21. The molecule has 0 atom stereocenters. The monoisotopic (exact) mass is 365 g/mol. The van der Waals surface area contributed by atoms with Crippen LogP contribution in [0.25, 0.3) is 0 Å². The molecule has 138 valence electrons.